The van der Waals surface area contributed by atoms with Gasteiger partial charge in [0.05, 0.1) is 11.0 Å². The number of hydrogen-bond acceptors (Lipinski definition) is 7. The van der Waals surface area contributed by atoms with Crippen molar-refractivity contribution < 1.29 is 23.6 Å². The van der Waals surface area contributed by atoms with Gasteiger partial charge in [-0.05, 0) is 26.7 Å². The molecule has 0 unspecified atom stereocenters. The highest BCUT2D eigenvalue weighted by atomic mass is 32.2. The minimum Gasteiger partial charge on any atom is -0.455 e. The van der Waals surface area contributed by atoms with E-state index in [4.69, 9.17) is 9.26 Å². The molecule has 0 saturated heterocycles. The predicted octanol–water partition coefficient (Wildman–Crippen LogP) is 2.04. The zero-order chi connectivity index (χ0) is 18.9. The summed E-state index contributed by atoms with van der Waals surface area (Å²) in [6.07, 6.45) is 5.41. The zero-order valence-electron chi connectivity index (χ0n) is 15.1. The first-order valence-corrected chi connectivity index (χ1v) is 9.79. The van der Waals surface area contributed by atoms with Gasteiger partial charge in [0, 0.05) is 12.1 Å². The normalized spacial score (nSPS) is 15.9. The number of thioether (sulfide) groups is 1. The second kappa shape index (κ2) is 10.2. The molecular weight excluding hydrogens is 358 g/mol. The molecule has 1 atom stereocenters. The highest BCUT2D eigenvalue weighted by Gasteiger charge is 2.19. The Morgan fingerprint density at radius 1 is 1.35 bits per heavy atom. The molecule has 144 valence electrons. The lowest BCUT2D eigenvalue weighted by Crippen LogP contribution is -2.38. The van der Waals surface area contributed by atoms with Crippen LogP contribution in [0.4, 0.5) is 5.82 Å². The second-order valence-corrected chi connectivity index (χ2v) is 7.66. The number of esters is 1. The molecule has 1 aliphatic carbocycles. The molecule has 1 heterocycles. The van der Waals surface area contributed by atoms with E-state index in [-0.39, 0.29) is 30.2 Å². The van der Waals surface area contributed by atoms with Crippen LogP contribution in [0.25, 0.3) is 0 Å². The Balaban J connectivity index is 1.61. The average Bonchev–Trinajstić information content (AvgIpc) is 3.03. The molecule has 2 N–H and O–H groups in total. The van der Waals surface area contributed by atoms with Gasteiger partial charge in [-0.1, -0.05) is 24.4 Å². The van der Waals surface area contributed by atoms with Crippen LogP contribution >= 0.6 is 11.8 Å². The zero-order valence-corrected chi connectivity index (χ0v) is 15.9. The number of nitrogens with zero attached hydrogens (tertiary/aromatic N) is 1. The molecule has 2 rings (SSSR count). The lowest BCUT2D eigenvalue weighted by atomic mass is 9.95. The van der Waals surface area contributed by atoms with Crippen LogP contribution in [0.15, 0.2) is 10.6 Å². The van der Waals surface area contributed by atoms with Gasteiger partial charge in [0.2, 0.25) is 5.91 Å². The Hall–Kier alpha value is -2.03. The molecule has 2 amide bonds. The van der Waals surface area contributed by atoms with Gasteiger partial charge in [-0.3, -0.25) is 14.4 Å². The molecule has 0 aliphatic heterocycles. The second-order valence-electron chi connectivity index (χ2n) is 6.33. The number of nitrogens with one attached hydrogen (secondary N) is 2. The molecule has 26 heavy (non-hydrogen) atoms. The van der Waals surface area contributed by atoms with E-state index in [1.165, 1.54) is 6.42 Å². The molecule has 1 fully saturated rings. The molecule has 1 aliphatic rings. The first-order valence-electron chi connectivity index (χ1n) is 8.75. The average molecular weight is 383 g/mol. The molecule has 1 saturated carbocycles. The summed E-state index contributed by atoms with van der Waals surface area (Å²) < 4.78 is 9.83. The summed E-state index contributed by atoms with van der Waals surface area (Å²) in [5.41, 5.74) is 0. The number of carbonyl (C=O) groups excluding carboxylic acids is 3. The summed E-state index contributed by atoms with van der Waals surface area (Å²) >= 11 is 1.13. The molecule has 0 aromatic carbocycles. The van der Waals surface area contributed by atoms with E-state index >= 15 is 0 Å². The van der Waals surface area contributed by atoms with Crippen LogP contribution in [0.3, 0.4) is 0 Å². The van der Waals surface area contributed by atoms with Gasteiger partial charge in [0.25, 0.3) is 5.91 Å². The van der Waals surface area contributed by atoms with Crippen LogP contribution in [0.5, 0.6) is 0 Å². The lowest BCUT2D eigenvalue weighted by Gasteiger charge is -2.22. The minimum absolute atomic E-state index is 0.0108. The van der Waals surface area contributed by atoms with Crippen LogP contribution < -0.4 is 10.6 Å². The standard InChI is InChI=1S/C17H25N3O5S/c1-11-8-14(20-25-11)19-17(23)12(2)26-10-16(22)24-9-15(21)18-13-6-4-3-5-7-13/h8,12-13H,3-7,9-10H2,1-2H3,(H,18,21)(H,19,20,23)/t12-/m0/s1. The van der Waals surface area contributed by atoms with E-state index in [9.17, 15) is 14.4 Å². The van der Waals surface area contributed by atoms with Crippen LogP contribution in [0.1, 0.15) is 44.8 Å². The predicted molar refractivity (Wildman–Crippen MR) is 97.8 cm³/mol. The Labute approximate surface area is 156 Å². The summed E-state index contributed by atoms with van der Waals surface area (Å²) in [7, 11) is 0. The molecule has 9 heteroatoms. The quantitative estimate of drug-likeness (QED) is 0.661. The van der Waals surface area contributed by atoms with Gasteiger partial charge in [-0.15, -0.1) is 11.8 Å². The molecule has 0 radical (unpaired) electrons. The fourth-order valence-electron chi connectivity index (χ4n) is 2.63. The number of rotatable bonds is 8. The van der Waals surface area contributed by atoms with Crippen molar-refractivity contribution in [3.8, 4) is 0 Å². The summed E-state index contributed by atoms with van der Waals surface area (Å²) in [5, 5.41) is 8.69. The van der Waals surface area contributed by atoms with E-state index in [1.54, 1.807) is 19.9 Å². The number of aromatic nitrogens is 1. The van der Waals surface area contributed by atoms with E-state index in [2.05, 4.69) is 15.8 Å². The number of anilines is 1. The smallest absolute Gasteiger partial charge is 0.316 e. The summed E-state index contributed by atoms with van der Waals surface area (Å²) in [4.78, 5) is 35.5. The fraction of sp³-hybridized carbons (Fsp3) is 0.647. The van der Waals surface area contributed by atoms with Crippen LogP contribution in [-0.2, 0) is 19.1 Å². The van der Waals surface area contributed by atoms with Crippen molar-refractivity contribution in [1.82, 2.24) is 10.5 Å². The van der Waals surface area contributed by atoms with Gasteiger partial charge < -0.3 is 19.9 Å². The summed E-state index contributed by atoms with van der Waals surface area (Å²) in [6, 6.07) is 1.79. The Kier molecular flexibility index (Phi) is 7.96. The van der Waals surface area contributed by atoms with Crippen molar-refractivity contribution in [2.24, 2.45) is 0 Å². The maximum absolute atomic E-state index is 12.0. The lowest BCUT2D eigenvalue weighted by molar-refractivity contribution is -0.146. The Bertz CT molecular complexity index is 628. The van der Waals surface area contributed by atoms with Gasteiger partial charge in [0.15, 0.2) is 12.4 Å². The number of hydrogen-bond donors (Lipinski definition) is 2. The van der Waals surface area contributed by atoms with Gasteiger partial charge in [0.1, 0.15) is 5.76 Å². The SMILES string of the molecule is Cc1cc(NC(=O)[C@H](C)SCC(=O)OCC(=O)NC2CCCCC2)no1. The minimum atomic E-state index is -0.522. The van der Waals surface area contributed by atoms with Crippen molar-refractivity contribution in [3.63, 3.8) is 0 Å². The van der Waals surface area contributed by atoms with Crippen molar-refractivity contribution in [2.75, 3.05) is 17.7 Å². The molecule has 0 spiro atoms. The molecule has 0 bridgehead atoms. The largest absolute Gasteiger partial charge is 0.455 e. The maximum Gasteiger partial charge on any atom is 0.316 e. The van der Waals surface area contributed by atoms with E-state index < -0.39 is 11.2 Å². The van der Waals surface area contributed by atoms with E-state index in [0.717, 1.165) is 37.4 Å². The maximum atomic E-state index is 12.0. The van der Waals surface area contributed by atoms with Crippen LogP contribution in [0.2, 0.25) is 0 Å². The third-order valence-electron chi connectivity index (χ3n) is 4.03. The van der Waals surface area contributed by atoms with Crippen molar-refractivity contribution in [2.45, 2.75) is 57.2 Å². The number of aryl methyl sites for hydroxylation is 1. The topological polar surface area (TPSA) is 111 Å². The van der Waals surface area contributed by atoms with Gasteiger partial charge in [-0.2, -0.15) is 0 Å². The van der Waals surface area contributed by atoms with Crippen molar-refractivity contribution >= 4 is 35.4 Å². The third-order valence-corrected chi connectivity index (χ3v) is 5.15. The van der Waals surface area contributed by atoms with Crippen LogP contribution in [0, 0.1) is 6.92 Å². The first-order chi connectivity index (χ1) is 12.4. The number of amides is 2. The highest BCUT2D eigenvalue weighted by Crippen LogP contribution is 2.17. The first kappa shape index (κ1) is 20.3. The molecule has 1 aromatic rings. The van der Waals surface area contributed by atoms with Crippen molar-refractivity contribution in [3.05, 3.63) is 11.8 Å². The van der Waals surface area contributed by atoms with Gasteiger partial charge >= 0.3 is 5.97 Å². The number of ether oxygens (including phenoxy) is 1. The van der Waals surface area contributed by atoms with Crippen molar-refractivity contribution in [1.29, 1.82) is 0 Å². The Morgan fingerprint density at radius 3 is 2.73 bits per heavy atom. The third kappa shape index (κ3) is 7.07. The van der Waals surface area contributed by atoms with Gasteiger partial charge in [-0.25, -0.2) is 0 Å². The number of carbonyl (C=O) groups is 3. The monoisotopic (exact) mass is 383 g/mol. The van der Waals surface area contributed by atoms with Crippen LogP contribution in [-0.4, -0.2) is 46.6 Å². The molecular formula is C17H25N3O5S. The summed E-state index contributed by atoms with van der Waals surface area (Å²) in [6.45, 7) is 3.12. The highest BCUT2D eigenvalue weighted by molar-refractivity contribution is 8.01. The summed E-state index contributed by atoms with van der Waals surface area (Å²) in [5.74, 6) is -0.166. The van der Waals surface area contributed by atoms with E-state index in [1.807, 2.05) is 0 Å². The van der Waals surface area contributed by atoms with E-state index in [0.29, 0.717) is 11.6 Å². The fourth-order valence-corrected chi connectivity index (χ4v) is 3.31. The molecule has 1 aromatic heterocycles. The Morgan fingerprint density at radius 2 is 2.08 bits per heavy atom. The molecule has 8 nitrogen and oxygen atoms in total.